The number of carbonyl (C=O) groups excluding carboxylic acids is 1. The molecule has 1 aromatic carbocycles. The van der Waals surface area contributed by atoms with Crippen LogP contribution in [0.3, 0.4) is 0 Å². The van der Waals surface area contributed by atoms with E-state index in [-0.39, 0.29) is 17.8 Å². The summed E-state index contributed by atoms with van der Waals surface area (Å²) in [6.45, 7) is 9.11. The summed E-state index contributed by atoms with van der Waals surface area (Å²) in [5.74, 6) is 0.651. The summed E-state index contributed by atoms with van der Waals surface area (Å²) in [6.07, 6.45) is 3.93. The van der Waals surface area contributed by atoms with Gasteiger partial charge in [-0.25, -0.2) is 0 Å². The number of hydrogen-bond donors (Lipinski definition) is 3. The molecular formula is C21H29N7O. The van der Waals surface area contributed by atoms with E-state index in [1.165, 1.54) is 17.4 Å². The summed E-state index contributed by atoms with van der Waals surface area (Å²) in [5.41, 5.74) is 2.30. The fourth-order valence-electron chi connectivity index (χ4n) is 3.96. The SMILES string of the molecule is CCCN1CCN(c2n[nH]c(C(=O)NC(C)Cc3c[nH]c4ccccc34)n2)CC1. The number of aromatic amines is 2. The van der Waals surface area contributed by atoms with Crippen molar-refractivity contribution < 1.29 is 4.79 Å². The summed E-state index contributed by atoms with van der Waals surface area (Å²) in [5, 5.41) is 11.3. The molecule has 3 aromatic rings. The second-order valence-corrected chi connectivity index (χ2v) is 7.75. The van der Waals surface area contributed by atoms with Crippen LogP contribution in [0, 0.1) is 0 Å². The Kier molecular flexibility index (Phi) is 5.80. The summed E-state index contributed by atoms with van der Waals surface area (Å²) in [7, 11) is 0. The number of carbonyl (C=O) groups is 1. The highest BCUT2D eigenvalue weighted by Crippen LogP contribution is 2.19. The van der Waals surface area contributed by atoms with Gasteiger partial charge in [0.15, 0.2) is 0 Å². The lowest BCUT2D eigenvalue weighted by Crippen LogP contribution is -2.47. The second kappa shape index (κ2) is 8.65. The van der Waals surface area contributed by atoms with Gasteiger partial charge in [0.05, 0.1) is 0 Å². The number of benzene rings is 1. The number of H-pyrrole nitrogens is 2. The van der Waals surface area contributed by atoms with Gasteiger partial charge in [-0.3, -0.25) is 14.8 Å². The number of piperazine rings is 1. The van der Waals surface area contributed by atoms with Gasteiger partial charge in [0.25, 0.3) is 5.91 Å². The maximum atomic E-state index is 12.6. The Hall–Kier alpha value is -2.87. The number of hydrogen-bond acceptors (Lipinski definition) is 5. The Morgan fingerprint density at radius 2 is 2.03 bits per heavy atom. The van der Waals surface area contributed by atoms with E-state index >= 15 is 0 Å². The highest BCUT2D eigenvalue weighted by Gasteiger charge is 2.22. The third kappa shape index (κ3) is 4.42. The zero-order chi connectivity index (χ0) is 20.2. The Bertz CT molecular complexity index is 955. The number of nitrogens with one attached hydrogen (secondary N) is 3. The van der Waals surface area contributed by atoms with E-state index in [9.17, 15) is 4.79 Å². The minimum absolute atomic E-state index is 0.0205. The molecule has 1 unspecified atom stereocenters. The monoisotopic (exact) mass is 395 g/mol. The Morgan fingerprint density at radius 3 is 2.83 bits per heavy atom. The van der Waals surface area contributed by atoms with E-state index in [0.29, 0.717) is 5.95 Å². The second-order valence-electron chi connectivity index (χ2n) is 7.75. The first kappa shape index (κ1) is 19.4. The number of aromatic nitrogens is 4. The van der Waals surface area contributed by atoms with Gasteiger partial charge in [0.1, 0.15) is 0 Å². The highest BCUT2D eigenvalue weighted by atomic mass is 16.2. The summed E-state index contributed by atoms with van der Waals surface area (Å²) in [6, 6.07) is 8.17. The number of amides is 1. The molecule has 1 saturated heterocycles. The van der Waals surface area contributed by atoms with Crippen LogP contribution in [-0.4, -0.2) is 69.7 Å². The molecule has 1 amide bonds. The average molecular weight is 396 g/mol. The van der Waals surface area contributed by atoms with Crippen LogP contribution in [0.15, 0.2) is 30.5 Å². The van der Waals surface area contributed by atoms with Crippen molar-refractivity contribution in [3.8, 4) is 0 Å². The molecule has 8 nitrogen and oxygen atoms in total. The van der Waals surface area contributed by atoms with Gasteiger partial charge in [-0.2, -0.15) is 4.98 Å². The summed E-state index contributed by atoms with van der Waals surface area (Å²) >= 11 is 0. The minimum Gasteiger partial charge on any atom is -0.361 e. The molecule has 0 spiro atoms. The zero-order valence-electron chi connectivity index (χ0n) is 17.1. The first-order chi connectivity index (χ1) is 14.1. The lowest BCUT2D eigenvalue weighted by molar-refractivity contribution is 0.0930. The maximum absolute atomic E-state index is 12.6. The van der Waals surface area contributed by atoms with Gasteiger partial charge < -0.3 is 15.2 Å². The molecule has 1 aliphatic heterocycles. The summed E-state index contributed by atoms with van der Waals surface area (Å²) in [4.78, 5) is 24.9. The van der Waals surface area contributed by atoms with Crippen molar-refractivity contribution in [1.82, 2.24) is 30.4 Å². The number of anilines is 1. The molecule has 0 bridgehead atoms. The number of para-hydroxylation sites is 1. The predicted octanol–water partition coefficient (Wildman–Crippen LogP) is 2.18. The van der Waals surface area contributed by atoms with Crippen molar-refractivity contribution in [3.63, 3.8) is 0 Å². The molecule has 1 aliphatic rings. The Morgan fingerprint density at radius 1 is 1.24 bits per heavy atom. The molecule has 2 aromatic heterocycles. The van der Waals surface area contributed by atoms with Crippen LogP contribution in [0.1, 0.15) is 36.5 Å². The van der Waals surface area contributed by atoms with Crippen LogP contribution < -0.4 is 10.2 Å². The van der Waals surface area contributed by atoms with Crippen molar-refractivity contribution in [2.45, 2.75) is 32.7 Å². The van der Waals surface area contributed by atoms with E-state index in [1.54, 1.807) is 0 Å². The standard InChI is InChI=1S/C21H29N7O/c1-3-8-27-9-11-28(12-10-27)21-24-19(25-26-21)20(29)23-15(2)13-16-14-22-18-7-5-4-6-17(16)18/h4-7,14-15,22H,3,8-13H2,1-2H3,(H,23,29)(H,24,25,26). The van der Waals surface area contributed by atoms with E-state index < -0.39 is 0 Å². The van der Waals surface area contributed by atoms with E-state index in [0.717, 1.165) is 44.7 Å². The lowest BCUT2D eigenvalue weighted by Gasteiger charge is -2.33. The van der Waals surface area contributed by atoms with Crippen molar-refractivity contribution in [3.05, 3.63) is 41.9 Å². The molecule has 0 aliphatic carbocycles. The molecule has 154 valence electrons. The van der Waals surface area contributed by atoms with Crippen LogP contribution in [0.2, 0.25) is 0 Å². The third-order valence-corrected chi connectivity index (χ3v) is 5.46. The molecular weight excluding hydrogens is 366 g/mol. The normalized spacial score (nSPS) is 16.3. The van der Waals surface area contributed by atoms with Gasteiger partial charge in [-0.15, -0.1) is 5.10 Å². The first-order valence-corrected chi connectivity index (χ1v) is 10.4. The minimum atomic E-state index is -0.222. The molecule has 0 saturated carbocycles. The lowest BCUT2D eigenvalue weighted by atomic mass is 10.1. The van der Waals surface area contributed by atoms with Crippen molar-refractivity contribution in [1.29, 1.82) is 0 Å². The van der Waals surface area contributed by atoms with E-state index in [2.05, 4.69) is 54.3 Å². The van der Waals surface area contributed by atoms with Crippen LogP contribution in [0.25, 0.3) is 10.9 Å². The smallest absolute Gasteiger partial charge is 0.288 e. The van der Waals surface area contributed by atoms with Crippen molar-refractivity contribution in [2.75, 3.05) is 37.6 Å². The third-order valence-electron chi connectivity index (χ3n) is 5.46. The summed E-state index contributed by atoms with van der Waals surface area (Å²) < 4.78 is 0. The average Bonchev–Trinajstić information content (AvgIpc) is 3.37. The highest BCUT2D eigenvalue weighted by molar-refractivity contribution is 5.91. The first-order valence-electron chi connectivity index (χ1n) is 10.4. The fourth-order valence-corrected chi connectivity index (χ4v) is 3.96. The Balaban J connectivity index is 1.33. The Labute approximate surface area is 170 Å². The number of rotatable bonds is 7. The van der Waals surface area contributed by atoms with Gasteiger partial charge in [0.2, 0.25) is 11.8 Å². The fraction of sp³-hybridized carbons (Fsp3) is 0.476. The van der Waals surface area contributed by atoms with Gasteiger partial charge >= 0.3 is 0 Å². The van der Waals surface area contributed by atoms with Crippen LogP contribution in [-0.2, 0) is 6.42 Å². The van der Waals surface area contributed by atoms with E-state index in [4.69, 9.17) is 0 Å². The van der Waals surface area contributed by atoms with Gasteiger partial charge in [0, 0.05) is 49.3 Å². The van der Waals surface area contributed by atoms with Crippen molar-refractivity contribution >= 4 is 22.8 Å². The zero-order valence-corrected chi connectivity index (χ0v) is 17.1. The van der Waals surface area contributed by atoms with Gasteiger partial charge in [-0.05, 0) is 37.9 Å². The molecule has 1 atom stereocenters. The van der Waals surface area contributed by atoms with Crippen LogP contribution >= 0.6 is 0 Å². The molecule has 1 fully saturated rings. The van der Waals surface area contributed by atoms with Crippen LogP contribution in [0.5, 0.6) is 0 Å². The largest absolute Gasteiger partial charge is 0.361 e. The molecule has 29 heavy (non-hydrogen) atoms. The molecule has 3 heterocycles. The maximum Gasteiger partial charge on any atom is 0.288 e. The van der Waals surface area contributed by atoms with Crippen LogP contribution in [0.4, 0.5) is 5.95 Å². The van der Waals surface area contributed by atoms with Gasteiger partial charge in [-0.1, -0.05) is 25.1 Å². The predicted molar refractivity (Wildman–Crippen MR) is 114 cm³/mol. The number of nitrogens with zero attached hydrogens (tertiary/aromatic N) is 4. The molecule has 4 rings (SSSR count). The molecule has 3 N–H and O–H groups in total. The van der Waals surface area contributed by atoms with Crippen molar-refractivity contribution in [2.24, 2.45) is 0 Å². The topological polar surface area (TPSA) is 92.9 Å². The number of fused-ring (bicyclic) bond motifs is 1. The quantitative estimate of drug-likeness (QED) is 0.570. The van der Waals surface area contributed by atoms with E-state index in [1.807, 2.05) is 25.3 Å². The molecule has 8 heteroatoms. The molecule has 0 radical (unpaired) electrons.